The number of alkyl halides is 1. The molecule has 29 heavy (non-hydrogen) atoms. The molecule has 154 valence electrons. The van der Waals surface area contributed by atoms with Crippen molar-refractivity contribution in [1.29, 1.82) is 0 Å². The van der Waals surface area contributed by atoms with Crippen LogP contribution in [0.25, 0.3) is 0 Å². The van der Waals surface area contributed by atoms with E-state index in [1.54, 1.807) is 6.92 Å². The Labute approximate surface area is 199 Å². The maximum absolute atomic E-state index is 11.2. The maximum Gasteiger partial charge on any atom is 0.333 e. The molecule has 0 fully saturated rings. The van der Waals surface area contributed by atoms with Crippen LogP contribution in [0.3, 0.4) is 0 Å². The Kier molecular flexibility index (Phi) is 9.72. The molecule has 0 aromatic heterocycles. The Bertz CT molecular complexity index is 859. The first-order valence-corrected chi connectivity index (χ1v) is 11.5. The zero-order valence-electron chi connectivity index (χ0n) is 16.5. The van der Waals surface area contributed by atoms with Gasteiger partial charge in [-0.25, -0.2) is 4.79 Å². The minimum absolute atomic E-state index is 0.149. The average Bonchev–Trinajstić information content (AvgIpc) is 2.67. The Hall–Kier alpha value is -1.31. The van der Waals surface area contributed by atoms with Crippen LogP contribution >= 0.6 is 45.2 Å². The minimum atomic E-state index is -0.948. The van der Waals surface area contributed by atoms with Crippen LogP contribution in [0.2, 0.25) is 0 Å². The number of benzene rings is 1. The van der Waals surface area contributed by atoms with Crippen molar-refractivity contribution in [2.75, 3.05) is 13.2 Å². The quantitative estimate of drug-likeness (QED) is 0.238. The number of aliphatic carboxylic acids is 1. The standard InChI is InChI=1S/C23H24I2O4/c1-3-28-21(22(26)27)15-18-6-8-20(9-7-18)29-14-11-17(2)10-13-23(25)12-4-5-19(24)16-23/h4-9,11-12,21H,3,14-16H2,1-2H3,(H,26,27)/b17-11+/t21-,23?/m0/s1. The summed E-state index contributed by atoms with van der Waals surface area (Å²) in [6, 6.07) is 7.42. The van der Waals surface area contributed by atoms with E-state index >= 15 is 0 Å². The van der Waals surface area contributed by atoms with Gasteiger partial charge in [0, 0.05) is 19.4 Å². The van der Waals surface area contributed by atoms with Gasteiger partial charge in [-0.1, -0.05) is 64.8 Å². The fourth-order valence-corrected chi connectivity index (χ4v) is 4.92. The third-order valence-electron chi connectivity index (χ3n) is 4.16. The first-order valence-electron chi connectivity index (χ1n) is 9.30. The van der Waals surface area contributed by atoms with Gasteiger partial charge in [0.1, 0.15) is 15.8 Å². The number of carboxylic acid groups (broad SMARTS) is 1. The van der Waals surface area contributed by atoms with Gasteiger partial charge in [0.15, 0.2) is 6.10 Å². The highest BCUT2D eigenvalue weighted by molar-refractivity contribution is 14.1. The van der Waals surface area contributed by atoms with Crippen LogP contribution in [-0.4, -0.2) is 33.8 Å². The number of carboxylic acids is 1. The molecule has 1 aromatic carbocycles. The SMILES string of the molecule is CCO[C@@H](Cc1ccc(OC/C=C(\C)C#CC2(I)C=CC=C(I)C2)cc1)C(=O)O. The second-order valence-corrected chi connectivity index (χ2v) is 9.90. The number of ether oxygens (including phenoxy) is 2. The van der Waals surface area contributed by atoms with Crippen LogP contribution in [0.1, 0.15) is 25.8 Å². The van der Waals surface area contributed by atoms with Gasteiger partial charge in [-0.2, -0.15) is 0 Å². The van der Waals surface area contributed by atoms with Crippen molar-refractivity contribution in [2.45, 2.75) is 36.2 Å². The normalized spacial score (nSPS) is 19.7. The van der Waals surface area contributed by atoms with Gasteiger partial charge in [-0.05, 0) is 69.4 Å². The first-order chi connectivity index (χ1) is 13.8. The predicted molar refractivity (Wildman–Crippen MR) is 133 cm³/mol. The van der Waals surface area contributed by atoms with E-state index in [4.69, 9.17) is 14.6 Å². The van der Waals surface area contributed by atoms with Crippen molar-refractivity contribution in [3.63, 3.8) is 0 Å². The molecule has 0 radical (unpaired) electrons. The van der Waals surface area contributed by atoms with E-state index in [2.05, 4.69) is 75.3 Å². The summed E-state index contributed by atoms with van der Waals surface area (Å²) in [5.74, 6) is 6.35. The zero-order chi connectivity index (χ0) is 21.3. The molecular formula is C23H24I2O4. The summed E-state index contributed by atoms with van der Waals surface area (Å²) in [6.45, 7) is 4.57. The van der Waals surface area contributed by atoms with Crippen molar-refractivity contribution in [1.82, 2.24) is 0 Å². The highest BCUT2D eigenvalue weighted by Gasteiger charge is 2.23. The van der Waals surface area contributed by atoms with Crippen LogP contribution in [0, 0.1) is 11.8 Å². The molecule has 1 N–H and O–H groups in total. The molecule has 1 aliphatic carbocycles. The van der Waals surface area contributed by atoms with Crippen molar-refractivity contribution in [2.24, 2.45) is 0 Å². The highest BCUT2D eigenvalue weighted by Crippen LogP contribution is 2.34. The molecule has 1 unspecified atom stereocenters. The van der Waals surface area contributed by atoms with Crippen LogP contribution in [0.15, 0.2) is 57.7 Å². The van der Waals surface area contributed by atoms with Gasteiger partial charge in [0.05, 0.1) is 0 Å². The van der Waals surface area contributed by atoms with Crippen molar-refractivity contribution in [3.05, 3.63) is 63.3 Å². The van der Waals surface area contributed by atoms with Gasteiger partial charge in [0.25, 0.3) is 0 Å². The lowest BCUT2D eigenvalue weighted by molar-refractivity contribution is -0.149. The van der Waals surface area contributed by atoms with E-state index < -0.39 is 12.1 Å². The minimum Gasteiger partial charge on any atom is -0.490 e. The van der Waals surface area contributed by atoms with Crippen LogP contribution < -0.4 is 4.74 Å². The molecule has 2 atom stereocenters. The van der Waals surface area contributed by atoms with Gasteiger partial charge in [-0.3, -0.25) is 0 Å². The molecule has 0 saturated heterocycles. The summed E-state index contributed by atoms with van der Waals surface area (Å²) < 4.78 is 12.2. The topological polar surface area (TPSA) is 55.8 Å². The summed E-state index contributed by atoms with van der Waals surface area (Å²) >= 11 is 4.75. The Morgan fingerprint density at radius 3 is 2.72 bits per heavy atom. The van der Waals surface area contributed by atoms with E-state index in [9.17, 15) is 4.79 Å². The van der Waals surface area contributed by atoms with Gasteiger partial charge in [0.2, 0.25) is 0 Å². The van der Waals surface area contributed by atoms with E-state index in [-0.39, 0.29) is 3.42 Å². The lowest BCUT2D eigenvalue weighted by Crippen LogP contribution is -2.26. The molecule has 2 rings (SSSR count). The van der Waals surface area contributed by atoms with E-state index in [1.807, 2.05) is 37.3 Å². The maximum atomic E-state index is 11.2. The number of rotatable bonds is 8. The first kappa shape index (κ1) is 24.0. The Balaban J connectivity index is 1.87. The van der Waals surface area contributed by atoms with Gasteiger partial charge < -0.3 is 14.6 Å². The number of halogens is 2. The predicted octanol–water partition coefficient (Wildman–Crippen LogP) is 5.50. The summed E-state index contributed by atoms with van der Waals surface area (Å²) in [6.07, 6.45) is 8.71. The molecule has 0 aliphatic heterocycles. The second-order valence-electron chi connectivity index (χ2n) is 6.59. The van der Waals surface area contributed by atoms with Crippen LogP contribution in [-0.2, 0) is 16.0 Å². The Morgan fingerprint density at radius 2 is 2.10 bits per heavy atom. The number of allylic oxidation sites excluding steroid dienone is 5. The summed E-state index contributed by atoms with van der Waals surface area (Å²) in [5.41, 5.74) is 1.86. The Morgan fingerprint density at radius 1 is 1.38 bits per heavy atom. The van der Waals surface area contributed by atoms with E-state index in [0.29, 0.717) is 19.6 Å². The smallest absolute Gasteiger partial charge is 0.333 e. The van der Waals surface area contributed by atoms with Crippen molar-refractivity contribution in [3.8, 4) is 17.6 Å². The van der Waals surface area contributed by atoms with E-state index in [0.717, 1.165) is 23.3 Å². The van der Waals surface area contributed by atoms with Crippen molar-refractivity contribution >= 4 is 51.2 Å². The van der Waals surface area contributed by atoms with Crippen molar-refractivity contribution < 1.29 is 19.4 Å². The monoisotopic (exact) mass is 618 g/mol. The van der Waals surface area contributed by atoms with Gasteiger partial charge >= 0.3 is 5.97 Å². The molecular weight excluding hydrogens is 594 g/mol. The summed E-state index contributed by atoms with van der Waals surface area (Å²) in [5, 5.41) is 9.17. The third-order valence-corrected chi connectivity index (χ3v) is 5.91. The molecule has 1 aromatic rings. The molecule has 6 heteroatoms. The van der Waals surface area contributed by atoms with E-state index in [1.165, 1.54) is 3.58 Å². The highest BCUT2D eigenvalue weighted by atomic mass is 127. The number of hydrogen-bond donors (Lipinski definition) is 1. The molecule has 0 bridgehead atoms. The molecule has 0 amide bonds. The fourth-order valence-electron chi connectivity index (χ4n) is 2.63. The van der Waals surface area contributed by atoms with Crippen LogP contribution in [0.5, 0.6) is 5.75 Å². The lowest BCUT2D eigenvalue weighted by atomic mass is 10.0. The lowest BCUT2D eigenvalue weighted by Gasteiger charge is -2.19. The number of hydrogen-bond acceptors (Lipinski definition) is 3. The summed E-state index contributed by atoms with van der Waals surface area (Å²) in [7, 11) is 0. The second kappa shape index (κ2) is 11.8. The molecule has 1 aliphatic rings. The molecule has 0 heterocycles. The summed E-state index contributed by atoms with van der Waals surface area (Å²) in [4.78, 5) is 11.2. The molecule has 0 saturated carbocycles. The average molecular weight is 618 g/mol. The zero-order valence-corrected chi connectivity index (χ0v) is 20.8. The van der Waals surface area contributed by atoms with Crippen LogP contribution in [0.4, 0.5) is 0 Å². The fraction of sp³-hybridized carbons (Fsp3) is 0.348. The largest absolute Gasteiger partial charge is 0.490 e. The third kappa shape index (κ3) is 8.52. The van der Waals surface area contributed by atoms with Gasteiger partial charge in [-0.15, -0.1) is 0 Å². The number of carbonyl (C=O) groups is 1. The molecule has 4 nitrogen and oxygen atoms in total. The molecule has 0 spiro atoms.